The van der Waals surface area contributed by atoms with E-state index in [0.29, 0.717) is 16.7 Å². The van der Waals surface area contributed by atoms with Crippen LogP contribution in [0, 0.1) is 0 Å². The summed E-state index contributed by atoms with van der Waals surface area (Å²) < 4.78 is 29.4. The van der Waals surface area contributed by atoms with Crippen LogP contribution in [0.3, 0.4) is 0 Å². The molecule has 28 heavy (non-hydrogen) atoms. The summed E-state index contributed by atoms with van der Waals surface area (Å²) in [6.45, 7) is 2.82. The van der Waals surface area contributed by atoms with Crippen molar-refractivity contribution in [3.8, 4) is 0 Å². The van der Waals surface area contributed by atoms with Gasteiger partial charge in [0.15, 0.2) is 5.16 Å². The van der Waals surface area contributed by atoms with Crippen LogP contribution in [0.4, 0.5) is 14.6 Å². The fraction of sp³-hybridized carbons (Fsp3) is 0.500. The molecular formula is C20H24ClF2N3OS. The van der Waals surface area contributed by atoms with Gasteiger partial charge in [0.25, 0.3) is 5.92 Å². The summed E-state index contributed by atoms with van der Waals surface area (Å²) in [7, 11) is 0. The van der Waals surface area contributed by atoms with Gasteiger partial charge in [-0.15, -0.1) is 0 Å². The first-order valence-corrected chi connectivity index (χ1v) is 10.6. The number of hydrogen-bond acceptors (Lipinski definition) is 5. The van der Waals surface area contributed by atoms with Crippen LogP contribution in [0.2, 0.25) is 5.02 Å². The molecule has 0 fully saturated rings. The van der Waals surface area contributed by atoms with E-state index in [9.17, 15) is 13.9 Å². The summed E-state index contributed by atoms with van der Waals surface area (Å²) in [6, 6.07) is 5.97. The number of anilines is 1. The molecule has 0 bridgehead atoms. The van der Waals surface area contributed by atoms with Crippen LogP contribution in [0.1, 0.15) is 43.5 Å². The third kappa shape index (κ3) is 5.33. The van der Waals surface area contributed by atoms with E-state index in [-0.39, 0.29) is 10.6 Å². The maximum atomic E-state index is 14.7. The van der Waals surface area contributed by atoms with Gasteiger partial charge in [0.05, 0.1) is 17.8 Å². The van der Waals surface area contributed by atoms with Gasteiger partial charge in [-0.2, -0.15) is 8.78 Å². The van der Waals surface area contributed by atoms with Gasteiger partial charge >= 0.3 is 0 Å². The molecular weight excluding hydrogens is 404 g/mol. The number of benzene rings is 1. The van der Waals surface area contributed by atoms with Crippen LogP contribution in [-0.2, 0) is 18.8 Å². The number of aryl methyl sites for hydroxylation is 1. The van der Waals surface area contributed by atoms with Crippen LogP contribution >= 0.6 is 23.4 Å². The zero-order valence-electron chi connectivity index (χ0n) is 15.9. The lowest BCUT2D eigenvalue weighted by Gasteiger charge is -2.23. The number of hydrogen-bond donors (Lipinski definition) is 2. The van der Waals surface area contributed by atoms with E-state index < -0.39 is 18.1 Å². The number of thioether (sulfide) groups is 1. The second kappa shape index (κ2) is 8.51. The molecule has 0 spiro atoms. The molecule has 1 aromatic heterocycles. The number of aromatic nitrogens is 2. The van der Waals surface area contributed by atoms with Crippen molar-refractivity contribution >= 4 is 29.2 Å². The molecule has 2 aromatic rings. The van der Waals surface area contributed by atoms with Crippen LogP contribution < -0.4 is 5.32 Å². The molecule has 152 valence electrons. The summed E-state index contributed by atoms with van der Waals surface area (Å²) in [5, 5.41) is 13.3. The molecule has 0 radical (unpaired) electrons. The lowest BCUT2D eigenvalue weighted by molar-refractivity contribution is 0.0106. The first kappa shape index (κ1) is 21.3. The first-order valence-electron chi connectivity index (χ1n) is 9.27. The second-order valence-electron chi connectivity index (χ2n) is 7.63. The highest BCUT2D eigenvalue weighted by Gasteiger charge is 2.34. The number of fused-ring (bicyclic) bond motifs is 1. The van der Waals surface area contributed by atoms with Crippen molar-refractivity contribution in [2.75, 3.05) is 17.6 Å². The minimum atomic E-state index is -3.13. The zero-order valence-corrected chi connectivity index (χ0v) is 17.5. The Bertz CT molecular complexity index is 843. The van der Waals surface area contributed by atoms with E-state index in [1.807, 2.05) is 0 Å². The second-order valence-corrected chi connectivity index (χ2v) is 8.98. The van der Waals surface area contributed by atoms with Gasteiger partial charge in [-0.05, 0) is 45.6 Å². The SMILES string of the molecule is CC(C)(O)CSc1nc2c(c(NCC(F)(F)c3ccccc3Cl)n1)CCCC2. The fourth-order valence-electron chi connectivity index (χ4n) is 3.07. The van der Waals surface area contributed by atoms with Gasteiger partial charge in [-0.3, -0.25) is 0 Å². The van der Waals surface area contributed by atoms with Crippen LogP contribution in [-0.4, -0.2) is 33.0 Å². The van der Waals surface area contributed by atoms with Gasteiger partial charge in [0.2, 0.25) is 0 Å². The topological polar surface area (TPSA) is 58.0 Å². The average Bonchev–Trinajstić information content (AvgIpc) is 2.64. The molecule has 4 nitrogen and oxygen atoms in total. The van der Waals surface area contributed by atoms with Crippen LogP contribution in [0.25, 0.3) is 0 Å². The predicted molar refractivity (Wildman–Crippen MR) is 110 cm³/mol. The molecule has 3 rings (SSSR count). The largest absolute Gasteiger partial charge is 0.390 e. The Morgan fingerprint density at radius 1 is 1.18 bits per heavy atom. The highest BCUT2D eigenvalue weighted by Crippen LogP contribution is 2.35. The summed E-state index contributed by atoms with van der Waals surface area (Å²) in [4.78, 5) is 9.06. The summed E-state index contributed by atoms with van der Waals surface area (Å²) >= 11 is 7.28. The quantitative estimate of drug-likeness (QED) is 0.477. The van der Waals surface area contributed by atoms with Crippen LogP contribution in [0.15, 0.2) is 29.4 Å². The molecule has 1 aliphatic rings. The smallest absolute Gasteiger partial charge is 0.291 e. The Morgan fingerprint density at radius 2 is 1.89 bits per heavy atom. The maximum Gasteiger partial charge on any atom is 0.291 e. The lowest BCUT2D eigenvalue weighted by atomic mass is 9.96. The Balaban J connectivity index is 1.83. The molecule has 0 aliphatic heterocycles. The van der Waals surface area contributed by atoms with Gasteiger partial charge in [-0.1, -0.05) is 41.6 Å². The van der Waals surface area contributed by atoms with Gasteiger partial charge in [-0.25, -0.2) is 9.97 Å². The summed E-state index contributed by atoms with van der Waals surface area (Å²) in [5.41, 5.74) is 0.745. The lowest BCUT2D eigenvalue weighted by Crippen LogP contribution is -2.27. The van der Waals surface area contributed by atoms with E-state index in [4.69, 9.17) is 11.6 Å². The number of aliphatic hydroxyl groups is 1. The Labute approximate surface area is 173 Å². The minimum Gasteiger partial charge on any atom is -0.390 e. The summed E-state index contributed by atoms with van der Waals surface area (Å²) in [6.07, 6.45) is 3.59. The van der Waals surface area contributed by atoms with E-state index in [1.54, 1.807) is 26.0 Å². The minimum absolute atomic E-state index is 0.0421. The average molecular weight is 428 g/mol. The van der Waals surface area contributed by atoms with Crippen molar-refractivity contribution in [3.05, 3.63) is 46.1 Å². The van der Waals surface area contributed by atoms with Crippen LogP contribution in [0.5, 0.6) is 0 Å². The van der Waals surface area contributed by atoms with E-state index in [1.165, 1.54) is 23.9 Å². The number of nitrogens with zero attached hydrogens (tertiary/aromatic N) is 2. The predicted octanol–water partition coefficient (Wildman–Crippen LogP) is 5.08. The molecule has 1 aromatic carbocycles. The van der Waals surface area contributed by atoms with Gasteiger partial charge in [0, 0.05) is 21.9 Å². The standard InChI is InChI=1S/C20H24ClF2N3OS/c1-19(2,27)12-28-18-25-16-10-6-3-7-13(16)17(26-18)24-11-20(22,23)14-8-4-5-9-15(14)21/h4-5,8-9,27H,3,6-7,10-12H2,1-2H3,(H,24,25,26). The Kier molecular flexibility index (Phi) is 6.47. The summed E-state index contributed by atoms with van der Waals surface area (Å²) in [5.74, 6) is -2.26. The van der Waals surface area contributed by atoms with Crippen molar-refractivity contribution < 1.29 is 13.9 Å². The van der Waals surface area contributed by atoms with Crippen molar-refractivity contribution in [1.82, 2.24) is 9.97 Å². The zero-order chi connectivity index (χ0) is 20.4. The van der Waals surface area contributed by atoms with Crippen molar-refractivity contribution in [3.63, 3.8) is 0 Å². The molecule has 1 heterocycles. The molecule has 8 heteroatoms. The van der Waals surface area contributed by atoms with E-state index in [2.05, 4.69) is 15.3 Å². The third-order valence-corrected chi connectivity index (χ3v) is 6.08. The molecule has 0 atom stereocenters. The van der Waals surface area contributed by atoms with Gasteiger partial charge < -0.3 is 10.4 Å². The van der Waals surface area contributed by atoms with E-state index >= 15 is 0 Å². The van der Waals surface area contributed by atoms with Crippen molar-refractivity contribution in [2.24, 2.45) is 0 Å². The molecule has 2 N–H and O–H groups in total. The van der Waals surface area contributed by atoms with Crippen molar-refractivity contribution in [1.29, 1.82) is 0 Å². The highest BCUT2D eigenvalue weighted by molar-refractivity contribution is 7.99. The Morgan fingerprint density at radius 3 is 2.61 bits per heavy atom. The normalized spacial score (nSPS) is 14.6. The number of nitrogens with one attached hydrogen (secondary N) is 1. The van der Waals surface area contributed by atoms with E-state index in [0.717, 1.165) is 36.9 Å². The Hall–Kier alpha value is -1.44. The number of halogens is 3. The third-order valence-electron chi connectivity index (χ3n) is 4.46. The monoisotopic (exact) mass is 427 g/mol. The molecule has 0 unspecified atom stereocenters. The maximum absolute atomic E-state index is 14.7. The fourth-order valence-corrected chi connectivity index (χ4v) is 4.16. The molecule has 0 saturated heterocycles. The van der Waals surface area contributed by atoms with Crippen molar-refractivity contribution in [2.45, 2.75) is 56.2 Å². The number of alkyl halides is 2. The molecule has 0 saturated carbocycles. The molecule has 1 aliphatic carbocycles. The highest BCUT2D eigenvalue weighted by atomic mass is 35.5. The first-order chi connectivity index (χ1) is 13.2. The number of rotatable bonds is 7. The van der Waals surface area contributed by atoms with Gasteiger partial charge in [0.1, 0.15) is 5.82 Å². The molecule has 0 amide bonds.